The maximum absolute atomic E-state index is 13.0. The van der Waals surface area contributed by atoms with Crippen molar-refractivity contribution in [3.05, 3.63) is 89.7 Å². The van der Waals surface area contributed by atoms with Crippen LogP contribution in [0.4, 0.5) is 10.1 Å². The van der Waals surface area contributed by atoms with Crippen LogP contribution in [0, 0.1) is 5.82 Å². The number of nitrogens with one attached hydrogen (secondary N) is 2. The number of nitrogens with zero attached hydrogens (tertiary/aromatic N) is 1. The van der Waals surface area contributed by atoms with Crippen molar-refractivity contribution < 1.29 is 22.3 Å². The monoisotopic (exact) mass is 471 g/mol. The zero-order chi connectivity index (χ0) is 24.0. The quantitative estimate of drug-likeness (QED) is 0.497. The van der Waals surface area contributed by atoms with Gasteiger partial charge in [0.25, 0.3) is 15.9 Å². The summed E-state index contributed by atoms with van der Waals surface area (Å²) in [4.78, 5) is 14.6. The lowest BCUT2D eigenvalue weighted by Crippen LogP contribution is -2.34. The highest BCUT2D eigenvalue weighted by Gasteiger charge is 2.18. The van der Waals surface area contributed by atoms with Gasteiger partial charge in [-0.3, -0.25) is 9.52 Å². The van der Waals surface area contributed by atoms with Crippen LogP contribution >= 0.6 is 0 Å². The standard InChI is InChI=1S/C24H26FN3O4S/c1-28(2)23(18-5-4-6-21(15-18)32-3)16-26-24(29)17-7-13-22(14-8-17)33(30,31)27-20-11-9-19(25)10-12-20/h4-15,23,27H,16H2,1-3H3,(H,26,29)/t23-/m1/s1. The summed E-state index contributed by atoms with van der Waals surface area (Å²) in [5.74, 6) is -0.0480. The Morgan fingerprint density at radius 1 is 1.03 bits per heavy atom. The largest absolute Gasteiger partial charge is 0.497 e. The highest BCUT2D eigenvalue weighted by Crippen LogP contribution is 2.22. The molecular formula is C24H26FN3O4S. The van der Waals surface area contributed by atoms with Gasteiger partial charge in [0, 0.05) is 17.8 Å². The summed E-state index contributed by atoms with van der Waals surface area (Å²) in [6.45, 7) is 0.352. The van der Waals surface area contributed by atoms with Gasteiger partial charge in [0.2, 0.25) is 0 Å². The molecule has 9 heteroatoms. The van der Waals surface area contributed by atoms with Gasteiger partial charge >= 0.3 is 0 Å². The lowest BCUT2D eigenvalue weighted by Gasteiger charge is -2.25. The zero-order valence-electron chi connectivity index (χ0n) is 18.6. The maximum atomic E-state index is 13.0. The molecular weight excluding hydrogens is 445 g/mol. The Labute approximate surface area is 193 Å². The molecule has 174 valence electrons. The average molecular weight is 472 g/mol. The van der Waals surface area contributed by atoms with Crippen LogP contribution in [-0.2, 0) is 10.0 Å². The van der Waals surface area contributed by atoms with E-state index < -0.39 is 15.8 Å². The van der Waals surface area contributed by atoms with Crippen molar-refractivity contribution in [2.45, 2.75) is 10.9 Å². The SMILES string of the molecule is COc1cccc([C@@H](CNC(=O)c2ccc(S(=O)(=O)Nc3ccc(F)cc3)cc2)N(C)C)c1. The van der Waals surface area contributed by atoms with Gasteiger partial charge in [-0.2, -0.15) is 0 Å². The van der Waals surface area contributed by atoms with Crippen LogP contribution in [0.25, 0.3) is 0 Å². The maximum Gasteiger partial charge on any atom is 0.261 e. The van der Waals surface area contributed by atoms with Crippen LogP contribution in [0.1, 0.15) is 22.0 Å². The zero-order valence-corrected chi connectivity index (χ0v) is 19.4. The third-order valence-electron chi connectivity index (χ3n) is 5.08. The first-order valence-corrected chi connectivity index (χ1v) is 11.6. The van der Waals surface area contributed by atoms with Gasteiger partial charge in [-0.25, -0.2) is 12.8 Å². The number of rotatable bonds is 9. The van der Waals surface area contributed by atoms with E-state index in [9.17, 15) is 17.6 Å². The normalized spacial score (nSPS) is 12.3. The summed E-state index contributed by atoms with van der Waals surface area (Å²) in [7, 11) is 1.57. The van der Waals surface area contributed by atoms with Gasteiger partial charge in [0.05, 0.1) is 18.0 Å². The van der Waals surface area contributed by atoms with Crippen molar-refractivity contribution in [1.82, 2.24) is 10.2 Å². The lowest BCUT2D eigenvalue weighted by molar-refractivity contribution is 0.0942. The van der Waals surface area contributed by atoms with E-state index >= 15 is 0 Å². The van der Waals surface area contributed by atoms with E-state index in [0.29, 0.717) is 12.1 Å². The number of methoxy groups -OCH3 is 1. The summed E-state index contributed by atoms with van der Waals surface area (Å²) < 4.78 is 45.8. The van der Waals surface area contributed by atoms with E-state index in [0.717, 1.165) is 23.4 Å². The van der Waals surface area contributed by atoms with E-state index in [1.54, 1.807) is 7.11 Å². The molecule has 7 nitrogen and oxygen atoms in total. The highest BCUT2D eigenvalue weighted by molar-refractivity contribution is 7.92. The third kappa shape index (κ3) is 6.30. The smallest absolute Gasteiger partial charge is 0.261 e. The predicted octanol–water partition coefficient (Wildman–Crippen LogP) is 3.67. The van der Waals surface area contributed by atoms with E-state index in [1.807, 2.05) is 43.3 Å². The van der Waals surface area contributed by atoms with Crippen LogP contribution in [0.15, 0.2) is 77.7 Å². The average Bonchev–Trinajstić information content (AvgIpc) is 2.80. The number of carbonyl (C=O) groups excluding carboxylic acids is 1. The number of sulfonamides is 1. The van der Waals surface area contributed by atoms with Crippen LogP contribution < -0.4 is 14.8 Å². The first-order valence-electron chi connectivity index (χ1n) is 10.2. The molecule has 0 aliphatic carbocycles. The second-order valence-electron chi connectivity index (χ2n) is 7.60. The minimum absolute atomic E-state index is 0.00840. The Morgan fingerprint density at radius 2 is 1.70 bits per heavy atom. The second kappa shape index (κ2) is 10.5. The number of carbonyl (C=O) groups is 1. The van der Waals surface area contributed by atoms with Crippen LogP contribution in [0.5, 0.6) is 5.75 Å². The Hall–Kier alpha value is -3.43. The molecule has 1 amide bonds. The van der Waals surface area contributed by atoms with Crippen molar-refractivity contribution in [2.75, 3.05) is 32.5 Å². The van der Waals surface area contributed by atoms with Gasteiger partial charge in [0.1, 0.15) is 11.6 Å². The Bertz CT molecular complexity index is 1200. The number of hydrogen-bond acceptors (Lipinski definition) is 5. The number of halogens is 1. The molecule has 0 aliphatic rings. The number of benzene rings is 3. The fourth-order valence-corrected chi connectivity index (χ4v) is 4.31. The predicted molar refractivity (Wildman–Crippen MR) is 125 cm³/mol. The number of hydrogen-bond donors (Lipinski definition) is 2. The third-order valence-corrected chi connectivity index (χ3v) is 6.48. The molecule has 0 spiro atoms. The summed E-state index contributed by atoms with van der Waals surface area (Å²) >= 11 is 0. The van der Waals surface area contributed by atoms with Gasteiger partial charge in [-0.15, -0.1) is 0 Å². The minimum atomic E-state index is -3.87. The molecule has 0 unspecified atom stereocenters. The molecule has 1 atom stereocenters. The van der Waals surface area contributed by atoms with Crippen molar-refractivity contribution >= 4 is 21.6 Å². The van der Waals surface area contributed by atoms with Crippen LogP contribution in [-0.4, -0.2) is 47.0 Å². The lowest BCUT2D eigenvalue weighted by atomic mass is 10.1. The van der Waals surface area contributed by atoms with Crippen LogP contribution in [0.2, 0.25) is 0 Å². The molecule has 0 bridgehead atoms. The second-order valence-corrected chi connectivity index (χ2v) is 9.29. The van der Waals surface area contributed by atoms with E-state index in [-0.39, 0.29) is 22.5 Å². The molecule has 0 saturated carbocycles. The molecule has 0 aliphatic heterocycles. The number of anilines is 1. The molecule has 0 aromatic heterocycles. The van der Waals surface area contributed by atoms with Gasteiger partial charge < -0.3 is 15.0 Å². The Kier molecular flexibility index (Phi) is 7.67. The highest BCUT2D eigenvalue weighted by atomic mass is 32.2. The molecule has 0 fully saturated rings. The van der Waals surface area contributed by atoms with Crippen molar-refractivity contribution in [1.29, 1.82) is 0 Å². The molecule has 33 heavy (non-hydrogen) atoms. The number of likely N-dealkylation sites (N-methyl/N-ethyl adjacent to an activating group) is 1. The number of amides is 1. The molecule has 2 N–H and O–H groups in total. The summed E-state index contributed by atoms with van der Waals surface area (Å²) in [6, 6.07) is 18.2. The molecule has 0 heterocycles. The first kappa shape index (κ1) is 24.2. The number of ether oxygens (including phenoxy) is 1. The Balaban J connectivity index is 1.67. The van der Waals surface area contributed by atoms with E-state index in [4.69, 9.17) is 4.74 Å². The van der Waals surface area contributed by atoms with Gasteiger partial charge in [-0.1, -0.05) is 12.1 Å². The topological polar surface area (TPSA) is 87.7 Å². The minimum Gasteiger partial charge on any atom is -0.497 e. The van der Waals surface area contributed by atoms with E-state index in [1.165, 1.54) is 36.4 Å². The van der Waals surface area contributed by atoms with Gasteiger partial charge in [-0.05, 0) is 80.3 Å². The van der Waals surface area contributed by atoms with Gasteiger partial charge in [0.15, 0.2) is 0 Å². The molecule has 3 aromatic carbocycles. The molecule has 0 saturated heterocycles. The summed E-state index contributed by atoms with van der Waals surface area (Å²) in [5, 5.41) is 2.90. The summed E-state index contributed by atoms with van der Waals surface area (Å²) in [6.07, 6.45) is 0. The van der Waals surface area contributed by atoms with E-state index in [2.05, 4.69) is 10.0 Å². The summed E-state index contributed by atoms with van der Waals surface area (Å²) in [5.41, 5.74) is 1.57. The fraction of sp³-hybridized carbons (Fsp3) is 0.208. The fourth-order valence-electron chi connectivity index (χ4n) is 3.26. The Morgan fingerprint density at radius 3 is 2.30 bits per heavy atom. The first-order chi connectivity index (χ1) is 15.7. The van der Waals surface area contributed by atoms with Crippen LogP contribution in [0.3, 0.4) is 0 Å². The van der Waals surface area contributed by atoms with Crippen molar-refractivity contribution in [3.8, 4) is 5.75 Å². The molecule has 0 radical (unpaired) electrons. The van der Waals surface area contributed by atoms with Crippen molar-refractivity contribution in [3.63, 3.8) is 0 Å². The van der Waals surface area contributed by atoms with Crippen molar-refractivity contribution in [2.24, 2.45) is 0 Å². The molecule has 3 aromatic rings. The molecule has 3 rings (SSSR count).